The monoisotopic (exact) mass is 349 g/mol. The van der Waals surface area contributed by atoms with Gasteiger partial charge in [-0.2, -0.15) is 0 Å². The minimum absolute atomic E-state index is 0.713. The van der Waals surface area contributed by atoms with Gasteiger partial charge >= 0.3 is 0 Å². The van der Waals surface area contributed by atoms with Gasteiger partial charge in [-0.05, 0) is 65.7 Å². The molecule has 1 aliphatic carbocycles. The Morgan fingerprint density at radius 1 is 1.15 bits per heavy atom. The number of benzene rings is 1. The van der Waals surface area contributed by atoms with Crippen LogP contribution in [0, 0.1) is 6.92 Å². The van der Waals surface area contributed by atoms with Crippen molar-refractivity contribution < 1.29 is 0 Å². The Morgan fingerprint density at radius 3 is 2.55 bits per heavy atom. The molecule has 1 saturated carbocycles. The largest absolute Gasteiger partial charge is 0.314 e. The fourth-order valence-electron chi connectivity index (χ4n) is 2.78. The molecule has 20 heavy (non-hydrogen) atoms. The van der Waals surface area contributed by atoms with Gasteiger partial charge in [-0.3, -0.25) is 0 Å². The van der Waals surface area contributed by atoms with Crippen LogP contribution in [-0.4, -0.2) is 12.6 Å². The van der Waals surface area contributed by atoms with Gasteiger partial charge < -0.3 is 5.32 Å². The molecule has 0 bridgehead atoms. The first-order chi connectivity index (χ1) is 9.70. The maximum atomic E-state index is 3.68. The summed E-state index contributed by atoms with van der Waals surface area (Å²) in [5.74, 6) is 0.768. The Labute approximate surface area is 133 Å². The first kappa shape index (κ1) is 14.3. The zero-order valence-corrected chi connectivity index (χ0v) is 14.1. The highest BCUT2D eigenvalue weighted by atomic mass is 79.9. The first-order valence-electron chi connectivity index (χ1n) is 7.25. The van der Waals surface area contributed by atoms with Gasteiger partial charge in [0.1, 0.15) is 0 Å². The molecule has 0 spiro atoms. The molecule has 0 saturated heterocycles. The van der Waals surface area contributed by atoms with Gasteiger partial charge in [-0.25, -0.2) is 0 Å². The third-order valence-corrected chi connectivity index (χ3v) is 5.80. The van der Waals surface area contributed by atoms with Crippen LogP contribution in [0.15, 0.2) is 40.2 Å². The van der Waals surface area contributed by atoms with Gasteiger partial charge in [-0.1, -0.05) is 29.8 Å². The smallest absolute Gasteiger partial charge is 0.0701 e. The van der Waals surface area contributed by atoms with E-state index in [1.54, 1.807) is 0 Å². The molecule has 0 aliphatic heterocycles. The minimum atomic E-state index is 0.713. The minimum Gasteiger partial charge on any atom is -0.314 e. The molecule has 1 aliphatic rings. The Morgan fingerprint density at radius 2 is 1.90 bits per heavy atom. The van der Waals surface area contributed by atoms with Crippen LogP contribution in [0.4, 0.5) is 0 Å². The van der Waals surface area contributed by atoms with E-state index in [9.17, 15) is 0 Å². The van der Waals surface area contributed by atoms with Crippen molar-refractivity contribution in [2.24, 2.45) is 0 Å². The van der Waals surface area contributed by atoms with Gasteiger partial charge in [0.05, 0.1) is 3.79 Å². The molecule has 0 unspecified atom stereocenters. The van der Waals surface area contributed by atoms with E-state index < -0.39 is 0 Å². The van der Waals surface area contributed by atoms with Crippen molar-refractivity contribution in [3.63, 3.8) is 0 Å². The van der Waals surface area contributed by atoms with E-state index in [0.717, 1.165) is 18.9 Å². The third-order valence-electron chi connectivity index (χ3n) is 4.12. The molecule has 106 valence electrons. The van der Waals surface area contributed by atoms with Crippen molar-refractivity contribution in [1.29, 1.82) is 0 Å². The van der Waals surface area contributed by atoms with E-state index in [4.69, 9.17) is 0 Å². The maximum absolute atomic E-state index is 3.68. The molecule has 1 heterocycles. The quantitative estimate of drug-likeness (QED) is 0.809. The summed E-state index contributed by atoms with van der Waals surface area (Å²) in [5, 5.41) is 3.68. The molecule has 0 atom stereocenters. The van der Waals surface area contributed by atoms with Crippen LogP contribution >= 0.6 is 27.3 Å². The normalized spacial score (nSPS) is 21.7. The molecule has 1 aromatic heterocycles. The van der Waals surface area contributed by atoms with Crippen LogP contribution < -0.4 is 5.32 Å². The van der Waals surface area contributed by atoms with Crippen molar-refractivity contribution in [1.82, 2.24) is 5.32 Å². The summed E-state index contributed by atoms with van der Waals surface area (Å²) in [6.45, 7) is 3.25. The summed E-state index contributed by atoms with van der Waals surface area (Å²) in [7, 11) is 0. The fourth-order valence-corrected chi connectivity index (χ4v) is 4.26. The summed E-state index contributed by atoms with van der Waals surface area (Å²) < 4.78 is 1.23. The second kappa shape index (κ2) is 6.42. The van der Waals surface area contributed by atoms with Gasteiger partial charge in [-0.15, -0.1) is 11.3 Å². The molecule has 0 amide bonds. The van der Waals surface area contributed by atoms with Crippen LogP contribution in [0.3, 0.4) is 0 Å². The molecule has 1 aromatic carbocycles. The van der Waals surface area contributed by atoms with Crippen molar-refractivity contribution in [2.45, 2.75) is 38.1 Å². The molecule has 3 rings (SSSR count). The number of halogens is 1. The Hall–Kier alpha value is -0.640. The van der Waals surface area contributed by atoms with E-state index in [2.05, 4.69) is 64.6 Å². The molecule has 1 nitrogen and oxygen atoms in total. The van der Waals surface area contributed by atoms with E-state index in [0.29, 0.717) is 6.04 Å². The molecule has 1 fully saturated rings. The van der Waals surface area contributed by atoms with Gasteiger partial charge in [0.15, 0.2) is 0 Å². The van der Waals surface area contributed by atoms with Crippen molar-refractivity contribution >= 4 is 27.3 Å². The van der Waals surface area contributed by atoms with Gasteiger partial charge in [0.25, 0.3) is 0 Å². The average Bonchev–Trinajstić information content (AvgIpc) is 2.80. The second-order valence-electron chi connectivity index (χ2n) is 5.69. The highest BCUT2D eigenvalue weighted by molar-refractivity contribution is 9.11. The van der Waals surface area contributed by atoms with Crippen molar-refractivity contribution in [2.75, 3.05) is 6.54 Å². The lowest BCUT2D eigenvalue weighted by atomic mass is 9.76. The number of hydrogen-bond donors (Lipinski definition) is 1. The first-order valence-corrected chi connectivity index (χ1v) is 8.86. The third kappa shape index (κ3) is 3.51. The van der Waals surface area contributed by atoms with Crippen LogP contribution in [0.25, 0.3) is 0 Å². The standard InChI is InChI=1S/C17H20BrNS/c1-12-2-4-13(5-3-12)14-10-15(11-14)19-9-8-16-6-7-17(18)20-16/h2-7,14-15,19H,8-11H2,1H3. The van der Waals surface area contributed by atoms with Crippen LogP contribution in [0.1, 0.15) is 34.8 Å². The number of hydrogen-bond acceptors (Lipinski definition) is 2. The van der Waals surface area contributed by atoms with Gasteiger partial charge in [0, 0.05) is 17.5 Å². The summed E-state index contributed by atoms with van der Waals surface area (Å²) >= 11 is 5.36. The van der Waals surface area contributed by atoms with E-state index in [-0.39, 0.29) is 0 Å². The average molecular weight is 350 g/mol. The number of nitrogens with one attached hydrogen (secondary N) is 1. The van der Waals surface area contributed by atoms with Crippen LogP contribution in [0.5, 0.6) is 0 Å². The summed E-state index contributed by atoms with van der Waals surface area (Å²) in [5.41, 5.74) is 2.86. The lowest BCUT2D eigenvalue weighted by molar-refractivity contribution is 0.293. The van der Waals surface area contributed by atoms with E-state index >= 15 is 0 Å². The Kier molecular flexibility index (Phi) is 4.59. The van der Waals surface area contributed by atoms with Crippen molar-refractivity contribution in [3.05, 3.63) is 56.2 Å². The molecule has 0 radical (unpaired) electrons. The molecular weight excluding hydrogens is 330 g/mol. The highest BCUT2D eigenvalue weighted by Crippen LogP contribution is 2.36. The van der Waals surface area contributed by atoms with Gasteiger partial charge in [0.2, 0.25) is 0 Å². The number of aryl methyl sites for hydroxylation is 1. The maximum Gasteiger partial charge on any atom is 0.0701 e. The topological polar surface area (TPSA) is 12.0 Å². The summed E-state index contributed by atoms with van der Waals surface area (Å²) in [6, 6.07) is 14.1. The van der Waals surface area contributed by atoms with Crippen LogP contribution in [0.2, 0.25) is 0 Å². The number of rotatable bonds is 5. The summed E-state index contributed by atoms with van der Waals surface area (Å²) in [6.07, 6.45) is 3.72. The fraction of sp³-hybridized carbons (Fsp3) is 0.412. The summed E-state index contributed by atoms with van der Waals surface area (Å²) in [4.78, 5) is 1.46. The molecular formula is C17H20BrNS. The SMILES string of the molecule is Cc1ccc(C2CC(NCCc3ccc(Br)s3)C2)cc1. The zero-order chi connectivity index (χ0) is 13.9. The lowest BCUT2D eigenvalue weighted by Crippen LogP contribution is -2.40. The Bertz CT molecular complexity index is 555. The highest BCUT2D eigenvalue weighted by Gasteiger charge is 2.29. The van der Waals surface area contributed by atoms with E-state index in [1.807, 2.05) is 11.3 Å². The molecule has 1 N–H and O–H groups in total. The zero-order valence-electron chi connectivity index (χ0n) is 11.7. The van der Waals surface area contributed by atoms with E-state index in [1.165, 1.54) is 32.6 Å². The molecule has 2 aromatic rings. The Balaban J connectivity index is 1.39. The van der Waals surface area contributed by atoms with Crippen molar-refractivity contribution in [3.8, 4) is 0 Å². The number of thiophene rings is 1. The predicted octanol–water partition coefficient (Wildman–Crippen LogP) is 4.90. The van der Waals surface area contributed by atoms with Crippen LogP contribution in [-0.2, 0) is 6.42 Å². The predicted molar refractivity (Wildman–Crippen MR) is 90.7 cm³/mol. The lowest BCUT2D eigenvalue weighted by Gasteiger charge is -2.36. The second-order valence-corrected chi connectivity index (χ2v) is 8.23. The molecule has 3 heteroatoms.